The van der Waals surface area contributed by atoms with Crippen LogP contribution in [0.5, 0.6) is 5.75 Å². The van der Waals surface area contributed by atoms with E-state index in [1.807, 2.05) is 31.2 Å². The Hall–Kier alpha value is -3.37. The number of anilines is 1. The minimum atomic E-state index is -4.16. The first-order valence-electron chi connectivity index (χ1n) is 11.6. The highest BCUT2D eigenvalue weighted by Crippen LogP contribution is 2.33. The van der Waals surface area contributed by atoms with Crippen LogP contribution >= 0.6 is 15.9 Å². The lowest BCUT2D eigenvalue weighted by Crippen LogP contribution is -2.50. The summed E-state index contributed by atoms with van der Waals surface area (Å²) in [7, 11) is -1.23. The van der Waals surface area contributed by atoms with Gasteiger partial charge in [-0.25, -0.2) is 8.42 Å². The van der Waals surface area contributed by atoms with E-state index < -0.39 is 28.5 Å². The second-order valence-corrected chi connectivity index (χ2v) is 11.2. The van der Waals surface area contributed by atoms with Gasteiger partial charge in [0.25, 0.3) is 10.0 Å². The second-order valence-electron chi connectivity index (χ2n) is 8.44. The Morgan fingerprint density at radius 3 is 2.27 bits per heavy atom. The molecule has 0 fully saturated rings. The molecule has 1 atom stereocenters. The van der Waals surface area contributed by atoms with E-state index in [4.69, 9.17) is 4.74 Å². The summed E-state index contributed by atoms with van der Waals surface area (Å²) in [5.41, 5.74) is 1.82. The first-order chi connectivity index (χ1) is 17.6. The van der Waals surface area contributed by atoms with E-state index in [9.17, 15) is 18.0 Å². The number of nitrogens with one attached hydrogen (secondary N) is 1. The molecule has 196 valence electrons. The number of halogens is 1. The van der Waals surface area contributed by atoms with Gasteiger partial charge in [-0.15, -0.1) is 0 Å². The van der Waals surface area contributed by atoms with Crippen LogP contribution in [-0.2, 0) is 26.2 Å². The van der Waals surface area contributed by atoms with Crippen LogP contribution in [0.1, 0.15) is 18.1 Å². The maximum atomic E-state index is 13.8. The van der Waals surface area contributed by atoms with E-state index in [1.165, 1.54) is 31.2 Å². The lowest BCUT2D eigenvalue weighted by molar-refractivity contribution is -0.139. The van der Waals surface area contributed by atoms with Crippen LogP contribution in [0, 0.1) is 6.92 Å². The fourth-order valence-corrected chi connectivity index (χ4v) is 5.51. The third-order valence-corrected chi connectivity index (χ3v) is 8.20. The summed E-state index contributed by atoms with van der Waals surface area (Å²) in [6.07, 6.45) is 0. The minimum absolute atomic E-state index is 0.0326. The molecule has 3 aromatic rings. The number of carbonyl (C=O) groups is 2. The highest BCUT2D eigenvalue weighted by molar-refractivity contribution is 9.10. The van der Waals surface area contributed by atoms with Crippen molar-refractivity contribution in [3.8, 4) is 5.75 Å². The van der Waals surface area contributed by atoms with Crippen molar-refractivity contribution in [2.45, 2.75) is 31.3 Å². The second kappa shape index (κ2) is 12.2. The van der Waals surface area contributed by atoms with Crippen LogP contribution in [0.15, 0.2) is 82.2 Å². The third-order valence-electron chi connectivity index (χ3n) is 5.89. The zero-order chi connectivity index (χ0) is 27.2. The summed E-state index contributed by atoms with van der Waals surface area (Å²) in [5.74, 6) is -0.602. The number of rotatable bonds is 10. The topological polar surface area (TPSA) is 96.0 Å². The van der Waals surface area contributed by atoms with Crippen molar-refractivity contribution in [3.05, 3.63) is 88.4 Å². The van der Waals surface area contributed by atoms with E-state index >= 15 is 0 Å². The Morgan fingerprint density at radius 2 is 1.68 bits per heavy atom. The molecule has 37 heavy (non-hydrogen) atoms. The fraction of sp³-hybridized carbons (Fsp3) is 0.259. The number of benzene rings is 3. The van der Waals surface area contributed by atoms with E-state index in [0.717, 1.165) is 19.9 Å². The zero-order valence-electron chi connectivity index (χ0n) is 21.1. The Bertz CT molecular complexity index is 1350. The van der Waals surface area contributed by atoms with Gasteiger partial charge >= 0.3 is 0 Å². The molecule has 0 spiro atoms. The molecule has 0 bridgehead atoms. The zero-order valence-corrected chi connectivity index (χ0v) is 23.5. The van der Waals surface area contributed by atoms with Crippen LogP contribution in [0.2, 0.25) is 0 Å². The summed E-state index contributed by atoms with van der Waals surface area (Å²) in [6.45, 7) is 3.02. The molecule has 3 aromatic carbocycles. The van der Waals surface area contributed by atoms with Gasteiger partial charge in [0.15, 0.2) is 0 Å². The summed E-state index contributed by atoms with van der Waals surface area (Å²) in [5, 5.41) is 2.57. The van der Waals surface area contributed by atoms with Crippen LogP contribution < -0.4 is 14.4 Å². The van der Waals surface area contributed by atoms with Gasteiger partial charge in [-0.3, -0.25) is 13.9 Å². The molecule has 1 N–H and O–H groups in total. The highest BCUT2D eigenvalue weighted by Gasteiger charge is 2.33. The van der Waals surface area contributed by atoms with Crippen molar-refractivity contribution >= 4 is 43.5 Å². The van der Waals surface area contributed by atoms with Gasteiger partial charge < -0.3 is 15.0 Å². The van der Waals surface area contributed by atoms with Crippen molar-refractivity contribution in [3.63, 3.8) is 0 Å². The van der Waals surface area contributed by atoms with Gasteiger partial charge in [0.2, 0.25) is 11.8 Å². The molecule has 1 unspecified atom stereocenters. The summed E-state index contributed by atoms with van der Waals surface area (Å²) < 4.78 is 35.1. The number of carbonyl (C=O) groups excluding carboxylic acids is 2. The summed E-state index contributed by atoms with van der Waals surface area (Å²) >= 11 is 3.40. The van der Waals surface area contributed by atoms with Crippen LogP contribution in [0.25, 0.3) is 0 Å². The predicted molar refractivity (Wildman–Crippen MR) is 147 cm³/mol. The molecule has 0 aromatic heterocycles. The average Bonchev–Trinajstić information content (AvgIpc) is 2.90. The largest absolute Gasteiger partial charge is 0.495 e. The van der Waals surface area contributed by atoms with E-state index in [-0.39, 0.29) is 23.0 Å². The fourth-order valence-electron chi connectivity index (χ4n) is 3.81. The third kappa shape index (κ3) is 6.69. The molecule has 0 aliphatic heterocycles. The number of amides is 2. The quantitative estimate of drug-likeness (QED) is 0.385. The van der Waals surface area contributed by atoms with Gasteiger partial charge in [-0.05, 0) is 61.4 Å². The Balaban J connectivity index is 2.09. The predicted octanol–water partition coefficient (Wildman–Crippen LogP) is 4.12. The first kappa shape index (κ1) is 28.2. The molecule has 0 saturated carbocycles. The summed E-state index contributed by atoms with van der Waals surface area (Å²) in [4.78, 5) is 27.8. The minimum Gasteiger partial charge on any atom is -0.495 e. The van der Waals surface area contributed by atoms with Gasteiger partial charge in [-0.2, -0.15) is 0 Å². The number of hydrogen-bond donors (Lipinski definition) is 1. The SMILES string of the molecule is CNC(=O)C(C)N(Cc1ccc(Br)cc1)C(=O)CN(c1cc(C)ccc1OC)S(=O)(=O)c1ccccc1. The maximum absolute atomic E-state index is 13.8. The standard InChI is InChI=1S/C27H30BrN3O5S/c1-19-10-15-25(36-4)24(16-19)31(37(34,35)23-8-6-5-7-9-23)18-26(32)30(20(2)27(33)29-3)17-21-11-13-22(28)14-12-21/h5-16,20H,17-18H2,1-4H3,(H,29,33). The van der Waals surface area contributed by atoms with E-state index in [2.05, 4.69) is 21.2 Å². The molecule has 10 heteroatoms. The number of ether oxygens (including phenoxy) is 1. The molecular formula is C27H30BrN3O5S. The van der Waals surface area contributed by atoms with Gasteiger partial charge in [0, 0.05) is 18.1 Å². The number of sulfonamides is 1. The average molecular weight is 589 g/mol. The lowest BCUT2D eigenvalue weighted by atomic mass is 10.1. The number of methoxy groups -OCH3 is 1. The van der Waals surface area contributed by atoms with E-state index in [0.29, 0.717) is 5.75 Å². The molecule has 0 radical (unpaired) electrons. The van der Waals surface area contributed by atoms with Gasteiger partial charge in [0.05, 0.1) is 17.7 Å². The summed E-state index contributed by atoms with van der Waals surface area (Å²) in [6, 6.07) is 19.5. The normalized spacial score (nSPS) is 11.9. The lowest BCUT2D eigenvalue weighted by Gasteiger charge is -2.32. The Kier molecular flexibility index (Phi) is 9.34. The van der Waals surface area contributed by atoms with Crippen molar-refractivity contribution in [2.75, 3.05) is 25.0 Å². The Morgan fingerprint density at radius 1 is 1.03 bits per heavy atom. The highest BCUT2D eigenvalue weighted by atomic mass is 79.9. The Labute approximate surface area is 226 Å². The molecule has 0 aliphatic rings. The van der Waals surface area contributed by atoms with Gasteiger partial charge in [-0.1, -0.05) is 52.3 Å². The molecule has 0 aliphatic carbocycles. The number of nitrogens with zero attached hydrogens (tertiary/aromatic N) is 2. The maximum Gasteiger partial charge on any atom is 0.264 e. The molecule has 3 rings (SSSR count). The smallest absolute Gasteiger partial charge is 0.264 e. The van der Waals surface area contributed by atoms with Crippen molar-refractivity contribution < 1.29 is 22.7 Å². The molecule has 0 saturated heterocycles. The molecule has 2 amide bonds. The van der Waals surface area contributed by atoms with Gasteiger partial charge in [0.1, 0.15) is 18.3 Å². The number of aryl methyl sites for hydroxylation is 1. The molecule has 8 nitrogen and oxygen atoms in total. The monoisotopic (exact) mass is 587 g/mol. The van der Waals surface area contributed by atoms with Crippen LogP contribution in [0.3, 0.4) is 0 Å². The number of likely N-dealkylation sites (N-methyl/N-ethyl adjacent to an activating group) is 1. The molecular weight excluding hydrogens is 558 g/mol. The number of hydrogen-bond acceptors (Lipinski definition) is 5. The van der Waals surface area contributed by atoms with Crippen LogP contribution in [-0.4, -0.2) is 51.9 Å². The first-order valence-corrected chi connectivity index (χ1v) is 13.8. The van der Waals surface area contributed by atoms with Crippen LogP contribution in [0.4, 0.5) is 5.69 Å². The van der Waals surface area contributed by atoms with Crippen molar-refractivity contribution in [1.29, 1.82) is 0 Å². The van der Waals surface area contributed by atoms with Crippen molar-refractivity contribution in [2.24, 2.45) is 0 Å². The van der Waals surface area contributed by atoms with E-state index in [1.54, 1.807) is 43.3 Å². The van der Waals surface area contributed by atoms with Crippen molar-refractivity contribution in [1.82, 2.24) is 10.2 Å². The molecule has 0 heterocycles.